The number of piperidine rings is 2. The van der Waals surface area contributed by atoms with Gasteiger partial charge in [0.2, 0.25) is 0 Å². The Labute approximate surface area is 222 Å². The van der Waals surface area contributed by atoms with Crippen molar-refractivity contribution in [1.82, 2.24) is 19.4 Å². The van der Waals surface area contributed by atoms with Gasteiger partial charge in [-0.1, -0.05) is 30.3 Å². The summed E-state index contributed by atoms with van der Waals surface area (Å²) in [5.74, 6) is 0.0228. The van der Waals surface area contributed by atoms with Crippen molar-refractivity contribution in [3.8, 4) is 5.75 Å². The van der Waals surface area contributed by atoms with Crippen molar-refractivity contribution in [3.05, 3.63) is 65.1 Å². The van der Waals surface area contributed by atoms with E-state index in [1.54, 1.807) is 0 Å². The summed E-state index contributed by atoms with van der Waals surface area (Å²) in [6.45, 7) is 3.76. The number of likely N-dealkylation sites (tertiary alicyclic amines) is 2. The van der Waals surface area contributed by atoms with Crippen LogP contribution in [0.1, 0.15) is 38.1 Å². The molecule has 3 aromatic rings. The predicted molar refractivity (Wildman–Crippen MR) is 144 cm³/mol. The van der Waals surface area contributed by atoms with Gasteiger partial charge < -0.3 is 24.6 Å². The zero-order valence-electron chi connectivity index (χ0n) is 21.6. The topological polar surface area (TPSA) is 108 Å². The molecule has 0 radical (unpaired) electrons. The molecule has 5 rings (SSSR count). The third kappa shape index (κ3) is 6.10. The van der Waals surface area contributed by atoms with Crippen molar-refractivity contribution in [2.24, 2.45) is 11.8 Å². The van der Waals surface area contributed by atoms with Crippen molar-refractivity contribution in [2.75, 3.05) is 39.3 Å². The SMILES string of the molecule is O=C(O)CC1CCN(C(=O)COc2ccccc2)CC1CCN1CCC(n2c(=O)[nH]c3ccccc32)CC1. The van der Waals surface area contributed by atoms with Crippen molar-refractivity contribution >= 4 is 22.9 Å². The van der Waals surface area contributed by atoms with Crippen LogP contribution in [0.15, 0.2) is 59.4 Å². The average Bonchev–Trinajstić information content (AvgIpc) is 3.27. The highest BCUT2D eigenvalue weighted by Gasteiger charge is 2.33. The third-order valence-electron chi connectivity index (χ3n) is 8.15. The molecule has 2 unspecified atom stereocenters. The largest absolute Gasteiger partial charge is 0.484 e. The number of hydrogen-bond donors (Lipinski definition) is 2. The van der Waals surface area contributed by atoms with Gasteiger partial charge in [-0.05, 0) is 68.3 Å². The molecular weight excluding hydrogens is 484 g/mol. The summed E-state index contributed by atoms with van der Waals surface area (Å²) in [4.78, 5) is 44.2. The summed E-state index contributed by atoms with van der Waals surface area (Å²) in [7, 11) is 0. The summed E-state index contributed by atoms with van der Waals surface area (Å²) in [6.07, 6.45) is 3.47. The van der Waals surface area contributed by atoms with Crippen LogP contribution in [-0.4, -0.2) is 75.7 Å². The van der Waals surface area contributed by atoms with E-state index in [2.05, 4.69) is 9.88 Å². The van der Waals surface area contributed by atoms with Crippen LogP contribution in [0.5, 0.6) is 5.75 Å². The first kappa shape index (κ1) is 26.0. The monoisotopic (exact) mass is 520 g/mol. The number of hydrogen-bond acceptors (Lipinski definition) is 5. The number of ether oxygens (including phenoxy) is 1. The van der Waals surface area contributed by atoms with Crippen LogP contribution in [-0.2, 0) is 9.59 Å². The molecule has 1 aromatic heterocycles. The second-order valence-corrected chi connectivity index (χ2v) is 10.5. The number of aliphatic carboxylic acids is 1. The Hall–Kier alpha value is -3.59. The van der Waals surface area contributed by atoms with E-state index < -0.39 is 5.97 Å². The summed E-state index contributed by atoms with van der Waals surface area (Å²) >= 11 is 0. The number of carbonyl (C=O) groups excluding carboxylic acids is 1. The molecule has 1 amide bonds. The van der Waals surface area contributed by atoms with Crippen molar-refractivity contribution < 1.29 is 19.4 Å². The van der Waals surface area contributed by atoms with Gasteiger partial charge in [-0.25, -0.2) is 4.79 Å². The Bertz CT molecular complexity index is 1300. The van der Waals surface area contributed by atoms with Gasteiger partial charge in [0.1, 0.15) is 5.75 Å². The van der Waals surface area contributed by atoms with E-state index in [-0.39, 0.29) is 42.5 Å². The van der Waals surface area contributed by atoms with Crippen molar-refractivity contribution in [3.63, 3.8) is 0 Å². The number of imidazole rings is 1. The zero-order chi connectivity index (χ0) is 26.5. The number of carboxylic acid groups (broad SMARTS) is 1. The molecule has 2 aliphatic heterocycles. The van der Waals surface area contributed by atoms with Crippen LogP contribution >= 0.6 is 0 Å². The average molecular weight is 521 g/mol. The number of nitrogens with one attached hydrogen (secondary N) is 1. The summed E-state index contributed by atoms with van der Waals surface area (Å²) < 4.78 is 7.56. The predicted octanol–water partition coefficient (Wildman–Crippen LogP) is 3.38. The number of para-hydroxylation sites is 3. The van der Waals surface area contributed by atoms with Crippen LogP contribution in [0.2, 0.25) is 0 Å². The lowest BCUT2D eigenvalue weighted by atomic mass is 9.81. The van der Waals surface area contributed by atoms with Crippen LogP contribution in [0.3, 0.4) is 0 Å². The molecule has 0 aliphatic carbocycles. The van der Waals surface area contributed by atoms with Gasteiger partial charge in [-0.3, -0.25) is 14.2 Å². The van der Waals surface area contributed by atoms with Gasteiger partial charge in [0, 0.05) is 38.6 Å². The molecule has 202 valence electrons. The lowest BCUT2D eigenvalue weighted by Crippen LogP contribution is -2.47. The lowest BCUT2D eigenvalue weighted by molar-refractivity contribution is -0.140. The normalized spacial score (nSPS) is 21.0. The molecule has 2 fully saturated rings. The maximum atomic E-state index is 12.9. The molecule has 38 heavy (non-hydrogen) atoms. The highest BCUT2D eigenvalue weighted by Crippen LogP contribution is 2.31. The molecule has 0 bridgehead atoms. The highest BCUT2D eigenvalue weighted by molar-refractivity contribution is 5.78. The number of benzene rings is 2. The van der Waals surface area contributed by atoms with Crippen LogP contribution in [0.25, 0.3) is 11.0 Å². The van der Waals surface area contributed by atoms with Gasteiger partial charge in [0.25, 0.3) is 5.91 Å². The minimum absolute atomic E-state index is 0.0128. The summed E-state index contributed by atoms with van der Waals surface area (Å²) in [5.41, 5.74) is 1.77. The number of rotatable bonds is 9. The Morgan fingerprint density at radius 2 is 1.68 bits per heavy atom. The molecule has 9 nitrogen and oxygen atoms in total. The van der Waals surface area contributed by atoms with Crippen LogP contribution < -0.4 is 10.4 Å². The molecule has 2 atom stereocenters. The Morgan fingerprint density at radius 3 is 2.45 bits per heavy atom. The molecule has 2 saturated heterocycles. The standard InChI is InChI=1S/C29H36N4O5/c34-27(20-38-24-6-2-1-3-7-24)32-17-11-21(18-28(35)36)22(19-32)10-14-31-15-12-23(13-16-31)33-26-9-5-4-8-25(26)30-29(33)37/h1-9,21-23H,10-20H2,(H,30,37)(H,35,36). The highest BCUT2D eigenvalue weighted by atomic mass is 16.5. The van der Waals surface area contributed by atoms with Gasteiger partial charge in [-0.15, -0.1) is 0 Å². The Morgan fingerprint density at radius 1 is 0.947 bits per heavy atom. The maximum absolute atomic E-state index is 12.9. The first-order valence-corrected chi connectivity index (χ1v) is 13.6. The summed E-state index contributed by atoms with van der Waals surface area (Å²) in [6, 6.07) is 17.3. The number of H-pyrrole nitrogens is 1. The van der Waals surface area contributed by atoms with E-state index in [9.17, 15) is 19.5 Å². The molecule has 0 saturated carbocycles. The molecule has 2 aliphatic rings. The minimum Gasteiger partial charge on any atom is -0.484 e. The van der Waals surface area contributed by atoms with E-state index in [0.717, 1.165) is 49.9 Å². The fraction of sp³-hybridized carbons (Fsp3) is 0.483. The fourth-order valence-electron chi connectivity index (χ4n) is 6.07. The van der Waals surface area contributed by atoms with Gasteiger partial charge in [0.15, 0.2) is 6.61 Å². The number of aromatic nitrogens is 2. The number of fused-ring (bicyclic) bond motifs is 1. The lowest BCUT2D eigenvalue weighted by Gasteiger charge is -2.40. The smallest absolute Gasteiger partial charge is 0.326 e. The minimum atomic E-state index is -0.780. The molecule has 2 aromatic carbocycles. The number of amides is 1. The van der Waals surface area contributed by atoms with Crippen molar-refractivity contribution in [2.45, 2.75) is 38.1 Å². The first-order valence-electron chi connectivity index (χ1n) is 13.6. The molecular formula is C29H36N4O5. The molecule has 9 heteroatoms. The Kier molecular flexibility index (Phi) is 8.12. The van der Waals surface area contributed by atoms with Gasteiger partial charge in [0.05, 0.1) is 11.0 Å². The van der Waals surface area contributed by atoms with E-state index in [1.165, 1.54) is 0 Å². The second kappa shape index (κ2) is 11.9. The molecule has 0 spiro atoms. The van der Waals surface area contributed by atoms with Gasteiger partial charge >= 0.3 is 11.7 Å². The first-order chi connectivity index (χ1) is 18.5. The molecule has 3 heterocycles. The summed E-state index contributed by atoms with van der Waals surface area (Å²) in [5, 5.41) is 9.46. The third-order valence-corrected chi connectivity index (χ3v) is 8.15. The quantitative estimate of drug-likeness (QED) is 0.448. The number of carboxylic acids is 1. The second-order valence-electron chi connectivity index (χ2n) is 10.5. The van der Waals surface area contributed by atoms with E-state index in [1.807, 2.05) is 64.1 Å². The fourth-order valence-corrected chi connectivity index (χ4v) is 6.07. The van der Waals surface area contributed by atoms with Gasteiger partial charge in [-0.2, -0.15) is 0 Å². The number of carbonyl (C=O) groups is 2. The van der Waals surface area contributed by atoms with E-state index in [4.69, 9.17) is 4.74 Å². The van der Waals surface area contributed by atoms with E-state index in [0.29, 0.717) is 25.3 Å². The number of nitrogens with zero attached hydrogens (tertiary/aromatic N) is 3. The molecule has 2 N–H and O–H groups in total. The van der Waals surface area contributed by atoms with Crippen LogP contribution in [0, 0.1) is 11.8 Å². The van der Waals surface area contributed by atoms with Crippen LogP contribution in [0.4, 0.5) is 0 Å². The Balaban J connectivity index is 1.15. The maximum Gasteiger partial charge on any atom is 0.326 e. The van der Waals surface area contributed by atoms with E-state index >= 15 is 0 Å². The number of aromatic amines is 1. The van der Waals surface area contributed by atoms with Crippen molar-refractivity contribution in [1.29, 1.82) is 0 Å². The zero-order valence-corrected chi connectivity index (χ0v) is 21.6.